The first-order valence-electron chi connectivity index (χ1n) is 8.03. The Labute approximate surface area is 136 Å². The van der Waals surface area contributed by atoms with E-state index >= 15 is 0 Å². The van der Waals surface area contributed by atoms with Crippen molar-refractivity contribution in [2.45, 2.75) is 47.2 Å². The Hall–Kier alpha value is -2.43. The van der Waals surface area contributed by atoms with Crippen LogP contribution in [-0.4, -0.2) is 19.7 Å². The second-order valence-electron chi connectivity index (χ2n) is 6.05. The minimum atomic E-state index is 0.161. The highest BCUT2D eigenvalue weighted by Crippen LogP contribution is 2.27. The van der Waals surface area contributed by atoms with Gasteiger partial charge in [-0.25, -0.2) is 9.97 Å². The number of nitrogens with zero attached hydrogens (tertiary/aromatic N) is 4. The summed E-state index contributed by atoms with van der Waals surface area (Å²) in [7, 11) is 0. The predicted octanol–water partition coefficient (Wildman–Crippen LogP) is 3.94. The number of hydrogen-bond donors (Lipinski definition) is 1. The van der Waals surface area contributed by atoms with Gasteiger partial charge >= 0.3 is 0 Å². The van der Waals surface area contributed by atoms with Gasteiger partial charge in [-0.3, -0.25) is 4.68 Å². The Kier molecular flexibility index (Phi) is 4.03. The molecule has 0 spiro atoms. The maximum absolute atomic E-state index is 4.55. The molecule has 5 nitrogen and oxygen atoms in total. The SMILES string of the molecule is CCn1nc(C)c2ncnc(N[C@H](C)c3ccc(C)cc3C)c21. The molecule has 3 aromatic rings. The van der Waals surface area contributed by atoms with Crippen molar-refractivity contribution in [1.29, 1.82) is 0 Å². The Morgan fingerprint density at radius 3 is 2.65 bits per heavy atom. The molecule has 2 heterocycles. The van der Waals surface area contributed by atoms with Crippen LogP contribution in [0.5, 0.6) is 0 Å². The van der Waals surface area contributed by atoms with E-state index in [0.717, 1.165) is 29.1 Å². The Morgan fingerprint density at radius 1 is 1.17 bits per heavy atom. The van der Waals surface area contributed by atoms with Crippen LogP contribution in [0.25, 0.3) is 11.0 Å². The number of hydrogen-bond acceptors (Lipinski definition) is 4. The van der Waals surface area contributed by atoms with Crippen molar-refractivity contribution in [1.82, 2.24) is 19.7 Å². The van der Waals surface area contributed by atoms with Gasteiger partial charge in [-0.1, -0.05) is 23.8 Å². The molecule has 0 amide bonds. The maximum atomic E-state index is 4.55. The van der Waals surface area contributed by atoms with Gasteiger partial charge in [-0.2, -0.15) is 5.10 Å². The predicted molar refractivity (Wildman–Crippen MR) is 93.7 cm³/mol. The smallest absolute Gasteiger partial charge is 0.156 e. The Balaban J connectivity index is 2.01. The Morgan fingerprint density at radius 2 is 1.96 bits per heavy atom. The highest BCUT2D eigenvalue weighted by molar-refractivity contribution is 5.87. The van der Waals surface area contributed by atoms with Gasteiger partial charge in [-0.05, 0) is 45.7 Å². The van der Waals surface area contributed by atoms with Crippen LogP contribution in [0, 0.1) is 20.8 Å². The molecule has 0 unspecified atom stereocenters. The van der Waals surface area contributed by atoms with E-state index in [1.165, 1.54) is 16.7 Å². The molecule has 2 aromatic heterocycles. The fourth-order valence-electron chi connectivity index (χ4n) is 3.10. The number of fused-ring (bicyclic) bond motifs is 1. The highest BCUT2D eigenvalue weighted by Gasteiger charge is 2.16. The van der Waals surface area contributed by atoms with Crippen LogP contribution in [0.15, 0.2) is 24.5 Å². The lowest BCUT2D eigenvalue weighted by molar-refractivity contribution is 0.675. The maximum Gasteiger partial charge on any atom is 0.156 e. The van der Waals surface area contributed by atoms with Crippen molar-refractivity contribution < 1.29 is 0 Å². The molecule has 0 aliphatic carbocycles. The van der Waals surface area contributed by atoms with E-state index in [1.54, 1.807) is 6.33 Å². The average molecular weight is 309 g/mol. The van der Waals surface area contributed by atoms with Crippen molar-refractivity contribution >= 4 is 16.9 Å². The van der Waals surface area contributed by atoms with Gasteiger partial charge in [0.15, 0.2) is 5.82 Å². The first-order chi connectivity index (χ1) is 11.0. The largest absolute Gasteiger partial charge is 0.362 e. The van der Waals surface area contributed by atoms with Crippen LogP contribution >= 0.6 is 0 Å². The molecule has 0 aliphatic heterocycles. The summed E-state index contributed by atoms with van der Waals surface area (Å²) < 4.78 is 1.96. The van der Waals surface area contributed by atoms with Crippen LogP contribution < -0.4 is 5.32 Å². The highest BCUT2D eigenvalue weighted by atomic mass is 15.3. The number of aromatic nitrogens is 4. The quantitative estimate of drug-likeness (QED) is 0.793. The summed E-state index contributed by atoms with van der Waals surface area (Å²) in [6, 6.07) is 6.71. The second-order valence-corrected chi connectivity index (χ2v) is 6.05. The summed E-state index contributed by atoms with van der Waals surface area (Å²) in [5, 5.41) is 8.09. The molecule has 0 radical (unpaired) electrons. The molecule has 1 atom stereocenters. The molecule has 5 heteroatoms. The Bertz CT molecular complexity index is 850. The third-order valence-electron chi connectivity index (χ3n) is 4.24. The van der Waals surface area contributed by atoms with Crippen LogP contribution in [0.4, 0.5) is 5.82 Å². The lowest BCUT2D eigenvalue weighted by Gasteiger charge is -2.18. The monoisotopic (exact) mass is 309 g/mol. The van der Waals surface area contributed by atoms with E-state index in [-0.39, 0.29) is 6.04 Å². The summed E-state index contributed by atoms with van der Waals surface area (Å²) in [5.74, 6) is 0.838. The summed E-state index contributed by atoms with van der Waals surface area (Å²) in [6.45, 7) is 11.3. The summed E-state index contributed by atoms with van der Waals surface area (Å²) in [4.78, 5) is 8.84. The molecule has 0 bridgehead atoms. The van der Waals surface area contributed by atoms with Crippen LogP contribution in [0.1, 0.15) is 42.3 Å². The fourth-order valence-corrected chi connectivity index (χ4v) is 3.10. The molecule has 0 saturated carbocycles. The normalized spacial score (nSPS) is 12.6. The standard InChI is InChI=1S/C18H23N5/c1-6-23-17-16(14(5)22-23)19-10-20-18(17)21-13(4)15-8-7-11(2)9-12(15)3/h7-10,13H,6H2,1-5H3,(H,19,20,21)/t13-/m1/s1. The molecule has 0 saturated heterocycles. The molecule has 1 N–H and O–H groups in total. The van der Waals surface area contributed by atoms with Crippen molar-refractivity contribution in [3.8, 4) is 0 Å². The van der Waals surface area contributed by atoms with Crippen LogP contribution in [0.2, 0.25) is 0 Å². The van der Waals surface area contributed by atoms with E-state index in [0.29, 0.717) is 0 Å². The van der Waals surface area contributed by atoms with Gasteiger partial charge in [0, 0.05) is 6.54 Å². The van der Waals surface area contributed by atoms with Crippen molar-refractivity contribution in [2.75, 3.05) is 5.32 Å². The molecule has 120 valence electrons. The summed E-state index contributed by atoms with van der Waals surface area (Å²) >= 11 is 0. The summed E-state index contributed by atoms with van der Waals surface area (Å²) in [6.07, 6.45) is 1.61. The second kappa shape index (κ2) is 5.99. The van der Waals surface area contributed by atoms with Gasteiger partial charge < -0.3 is 5.32 Å². The van der Waals surface area contributed by atoms with Crippen molar-refractivity contribution in [3.63, 3.8) is 0 Å². The van der Waals surface area contributed by atoms with E-state index in [1.807, 2.05) is 11.6 Å². The summed E-state index contributed by atoms with van der Waals surface area (Å²) in [5.41, 5.74) is 6.67. The number of benzene rings is 1. The third kappa shape index (κ3) is 2.79. The van der Waals surface area contributed by atoms with Gasteiger partial charge in [-0.15, -0.1) is 0 Å². The molecule has 0 fully saturated rings. The zero-order valence-corrected chi connectivity index (χ0v) is 14.4. The zero-order valence-electron chi connectivity index (χ0n) is 14.4. The number of aryl methyl sites for hydroxylation is 4. The third-order valence-corrected chi connectivity index (χ3v) is 4.24. The van der Waals surface area contributed by atoms with E-state index < -0.39 is 0 Å². The molecular formula is C18H23N5. The zero-order chi connectivity index (χ0) is 16.6. The minimum absolute atomic E-state index is 0.161. The number of anilines is 1. The molecule has 3 rings (SSSR count). The van der Waals surface area contributed by atoms with Crippen molar-refractivity contribution in [2.24, 2.45) is 0 Å². The van der Waals surface area contributed by atoms with Gasteiger partial charge in [0.25, 0.3) is 0 Å². The molecular weight excluding hydrogens is 286 g/mol. The van der Waals surface area contributed by atoms with Gasteiger partial charge in [0.1, 0.15) is 17.4 Å². The van der Waals surface area contributed by atoms with E-state index in [2.05, 4.69) is 66.3 Å². The fraction of sp³-hybridized carbons (Fsp3) is 0.389. The number of nitrogens with one attached hydrogen (secondary N) is 1. The lowest BCUT2D eigenvalue weighted by Crippen LogP contribution is -2.11. The van der Waals surface area contributed by atoms with Crippen molar-refractivity contribution in [3.05, 3.63) is 46.9 Å². The lowest BCUT2D eigenvalue weighted by atomic mass is 10.0. The molecule has 23 heavy (non-hydrogen) atoms. The topological polar surface area (TPSA) is 55.6 Å². The van der Waals surface area contributed by atoms with Crippen LogP contribution in [-0.2, 0) is 6.54 Å². The van der Waals surface area contributed by atoms with E-state index in [4.69, 9.17) is 0 Å². The van der Waals surface area contributed by atoms with Gasteiger partial charge in [0.2, 0.25) is 0 Å². The van der Waals surface area contributed by atoms with Crippen LogP contribution in [0.3, 0.4) is 0 Å². The molecule has 0 aliphatic rings. The molecule has 1 aromatic carbocycles. The first-order valence-corrected chi connectivity index (χ1v) is 8.03. The average Bonchev–Trinajstić information content (AvgIpc) is 2.85. The number of rotatable bonds is 4. The van der Waals surface area contributed by atoms with Gasteiger partial charge in [0.05, 0.1) is 11.7 Å². The van der Waals surface area contributed by atoms with E-state index in [9.17, 15) is 0 Å². The first kappa shape index (κ1) is 15.5. The minimum Gasteiger partial charge on any atom is -0.362 e.